The minimum Gasteiger partial charge on any atom is -0.388 e. The third-order valence-corrected chi connectivity index (χ3v) is 4.97. The van der Waals surface area contributed by atoms with E-state index in [9.17, 15) is 5.11 Å². The van der Waals surface area contributed by atoms with Crippen molar-refractivity contribution in [3.05, 3.63) is 70.8 Å². The predicted molar refractivity (Wildman–Crippen MR) is 79.6 cm³/mol. The number of rotatable bonds is 0. The van der Waals surface area contributed by atoms with Gasteiger partial charge >= 0.3 is 0 Å². The van der Waals surface area contributed by atoms with Gasteiger partial charge in [0, 0.05) is 18.0 Å². The van der Waals surface area contributed by atoms with Crippen LogP contribution in [-0.2, 0) is 12.0 Å². The largest absolute Gasteiger partial charge is 0.388 e. The van der Waals surface area contributed by atoms with Crippen LogP contribution in [0.4, 0.5) is 0 Å². The lowest BCUT2D eigenvalue weighted by molar-refractivity contribution is 0.146. The summed E-state index contributed by atoms with van der Waals surface area (Å²) >= 11 is 0. The fourth-order valence-corrected chi connectivity index (χ4v) is 3.89. The first-order valence-electron chi connectivity index (χ1n) is 7.29. The van der Waals surface area contributed by atoms with Crippen LogP contribution in [0, 0.1) is 0 Å². The molecule has 0 aromatic heterocycles. The second-order valence-corrected chi connectivity index (χ2v) is 6.23. The van der Waals surface area contributed by atoms with E-state index in [2.05, 4.69) is 54.7 Å². The molecule has 0 saturated carbocycles. The fraction of sp³-hybridized carbons (Fsp3) is 0.333. The van der Waals surface area contributed by atoms with Crippen molar-refractivity contribution in [3.8, 4) is 0 Å². The van der Waals surface area contributed by atoms with E-state index in [-0.39, 0.29) is 11.5 Å². The van der Waals surface area contributed by atoms with Crippen LogP contribution >= 0.6 is 0 Å². The van der Waals surface area contributed by atoms with Crippen molar-refractivity contribution in [1.82, 2.24) is 5.32 Å². The highest BCUT2D eigenvalue weighted by atomic mass is 16.3. The van der Waals surface area contributed by atoms with Crippen LogP contribution in [0.3, 0.4) is 0 Å². The molecule has 102 valence electrons. The lowest BCUT2D eigenvalue weighted by atomic mass is 9.76. The molecule has 3 atom stereocenters. The van der Waals surface area contributed by atoms with Gasteiger partial charge in [0.2, 0.25) is 0 Å². The Hall–Kier alpha value is -1.64. The topological polar surface area (TPSA) is 32.3 Å². The monoisotopic (exact) mass is 265 g/mol. The second kappa shape index (κ2) is 4.18. The van der Waals surface area contributed by atoms with Crippen molar-refractivity contribution in [2.75, 3.05) is 6.54 Å². The molecule has 0 aliphatic carbocycles. The summed E-state index contributed by atoms with van der Waals surface area (Å²) in [6.45, 7) is 3.08. The number of hydrogen-bond acceptors (Lipinski definition) is 2. The molecule has 0 fully saturated rings. The minimum atomic E-state index is -0.429. The molecule has 20 heavy (non-hydrogen) atoms. The average molecular weight is 265 g/mol. The fourth-order valence-electron chi connectivity index (χ4n) is 3.89. The number of fused-ring (bicyclic) bond motifs is 7. The molecule has 4 rings (SSSR count). The summed E-state index contributed by atoms with van der Waals surface area (Å²) in [7, 11) is 0. The van der Waals surface area contributed by atoms with Crippen LogP contribution in [0.15, 0.2) is 48.5 Å². The molecule has 0 radical (unpaired) electrons. The van der Waals surface area contributed by atoms with Crippen molar-refractivity contribution in [2.24, 2.45) is 0 Å². The zero-order valence-corrected chi connectivity index (χ0v) is 11.6. The Morgan fingerprint density at radius 2 is 1.75 bits per heavy atom. The molecular weight excluding hydrogens is 246 g/mol. The second-order valence-electron chi connectivity index (χ2n) is 6.23. The molecule has 2 aliphatic heterocycles. The number of benzene rings is 2. The van der Waals surface area contributed by atoms with Gasteiger partial charge in [0.15, 0.2) is 0 Å². The molecular formula is C18H19NO. The van der Waals surface area contributed by atoms with E-state index in [1.807, 2.05) is 6.07 Å². The zero-order chi connectivity index (χ0) is 13.7. The van der Waals surface area contributed by atoms with Gasteiger partial charge in [-0.3, -0.25) is 0 Å². The van der Waals surface area contributed by atoms with Crippen LogP contribution in [0.2, 0.25) is 0 Å². The highest BCUT2D eigenvalue weighted by Crippen LogP contribution is 2.45. The van der Waals surface area contributed by atoms with Gasteiger partial charge in [-0.2, -0.15) is 0 Å². The number of aliphatic hydroxyl groups is 1. The van der Waals surface area contributed by atoms with Crippen LogP contribution in [-0.4, -0.2) is 11.7 Å². The predicted octanol–water partition coefficient (Wildman–Crippen LogP) is 2.88. The molecule has 0 spiro atoms. The zero-order valence-electron chi connectivity index (χ0n) is 11.6. The smallest absolute Gasteiger partial charge is 0.0874 e. The summed E-state index contributed by atoms with van der Waals surface area (Å²) in [4.78, 5) is 0. The van der Waals surface area contributed by atoms with Gasteiger partial charge in [-0.15, -0.1) is 0 Å². The van der Waals surface area contributed by atoms with Gasteiger partial charge in [-0.25, -0.2) is 0 Å². The van der Waals surface area contributed by atoms with E-state index < -0.39 is 6.10 Å². The Balaban J connectivity index is 2.00. The molecule has 2 heterocycles. The lowest BCUT2D eigenvalue weighted by Crippen LogP contribution is -2.40. The maximum atomic E-state index is 10.9. The summed E-state index contributed by atoms with van der Waals surface area (Å²) in [5, 5.41) is 14.6. The summed E-state index contributed by atoms with van der Waals surface area (Å²) in [5.74, 6) is 0.136. The molecule has 0 amide bonds. The van der Waals surface area contributed by atoms with E-state index in [1.54, 1.807) is 0 Å². The Labute approximate surface area is 119 Å². The van der Waals surface area contributed by atoms with Crippen molar-refractivity contribution in [3.63, 3.8) is 0 Å². The minimum absolute atomic E-state index is 0.0983. The van der Waals surface area contributed by atoms with Gasteiger partial charge in [0.1, 0.15) is 0 Å². The Bertz CT molecular complexity index is 666. The van der Waals surface area contributed by atoms with Gasteiger partial charge in [-0.1, -0.05) is 48.5 Å². The number of nitrogens with one attached hydrogen (secondary N) is 1. The lowest BCUT2D eigenvalue weighted by Gasteiger charge is -2.32. The van der Waals surface area contributed by atoms with Crippen molar-refractivity contribution >= 4 is 0 Å². The Morgan fingerprint density at radius 1 is 1.05 bits per heavy atom. The molecule has 2 N–H and O–H groups in total. The molecule has 0 unspecified atom stereocenters. The van der Waals surface area contributed by atoms with E-state index in [1.165, 1.54) is 16.7 Å². The molecule has 2 nitrogen and oxygen atoms in total. The Kier molecular flexibility index (Phi) is 2.53. The summed E-state index contributed by atoms with van der Waals surface area (Å²) < 4.78 is 0. The SMILES string of the molecule is C[C@]12Cc3ccccc3[C@H](CN1)[C@H](O)c1ccccc12. The molecule has 2 aromatic rings. The first kappa shape index (κ1) is 12.1. The van der Waals surface area contributed by atoms with E-state index in [4.69, 9.17) is 0 Å². The van der Waals surface area contributed by atoms with E-state index >= 15 is 0 Å². The third-order valence-electron chi connectivity index (χ3n) is 4.97. The van der Waals surface area contributed by atoms with Gasteiger partial charge in [0.05, 0.1) is 6.10 Å². The third kappa shape index (κ3) is 1.58. The standard InChI is InChI=1S/C18H19NO/c1-18-10-12-6-2-3-7-13(12)15(11-19-18)17(20)14-8-4-5-9-16(14)18/h2-9,15,17,19-20H,10-11H2,1H3/t15-,17+,18+/m0/s1. The highest BCUT2D eigenvalue weighted by molar-refractivity contribution is 5.45. The first-order valence-corrected chi connectivity index (χ1v) is 7.29. The Morgan fingerprint density at radius 3 is 2.60 bits per heavy atom. The van der Waals surface area contributed by atoms with Crippen LogP contribution in [0.5, 0.6) is 0 Å². The highest BCUT2D eigenvalue weighted by Gasteiger charge is 2.41. The number of aliphatic hydroxyl groups excluding tert-OH is 1. The average Bonchev–Trinajstić information content (AvgIpc) is 2.69. The van der Waals surface area contributed by atoms with Crippen molar-refractivity contribution in [2.45, 2.75) is 30.9 Å². The maximum Gasteiger partial charge on any atom is 0.0874 e. The summed E-state index contributed by atoms with van der Waals surface area (Å²) in [6.07, 6.45) is 0.547. The summed E-state index contributed by atoms with van der Waals surface area (Å²) in [6, 6.07) is 16.9. The molecule has 2 bridgehead atoms. The van der Waals surface area contributed by atoms with Gasteiger partial charge in [0.25, 0.3) is 0 Å². The van der Waals surface area contributed by atoms with Crippen LogP contribution in [0.1, 0.15) is 41.2 Å². The van der Waals surface area contributed by atoms with E-state index in [0.717, 1.165) is 18.5 Å². The maximum absolute atomic E-state index is 10.9. The molecule has 0 saturated heterocycles. The molecule has 2 aromatic carbocycles. The molecule has 2 heteroatoms. The van der Waals surface area contributed by atoms with E-state index in [0.29, 0.717) is 0 Å². The molecule has 2 aliphatic rings. The van der Waals surface area contributed by atoms with Crippen molar-refractivity contribution < 1.29 is 5.11 Å². The quantitative estimate of drug-likeness (QED) is 0.767. The normalized spacial score (nSPS) is 31.1. The first-order chi connectivity index (χ1) is 9.69. The van der Waals surface area contributed by atoms with Crippen LogP contribution < -0.4 is 5.32 Å². The van der Waals surface area contributed by atoms with Gasteiger partial charge < -0.3 is 10.4 Å². The number of hydrogen-bond donors (Lipinski definition) is 2. The van der Waals surface area contributed by atoms with Gasteiger partial charge in [-0.05, 0) is 35.6 Å². The van der Waals surface area contributed by atoms with Crippen molar-refractivity contribution in [1.29, 1.82) is 0 Å². The van der Waals surface area contributed by atoms with Crippen LogP contribution in [0.25, 0.3) is 0 Å². The summed E-state index contributed by atoms with van der Waals surface area (Å²) in [5.41, 5.74) is 4.88.